The van der Waals surface area contributed by atoms with Gasteiger partial charge in [-0.1, -0.05) is 13.8 Å². The van der Waals surface area contributed by atoms with Crippen LogP contribution in [-0.2, 0) is 14.4 Å². The average molecular weight is 324 g/mol. The Morgan fingerprint density at radius 2 is 2.00 bits per heavy atom. The van der Waals surface area contributed by atoms with Gasteiger partial charge in [0.05, 0.1) is 6.04 Å². The largest absolute Gasteiger partial charge is 0.368 e. The maximum absolute atomic E-state index is 12.8. The van der Waals surface area contributed by atoms with Crippen LogP contribution in [0, 0.1) is 5.92 Å². The van der Waals surface area contributed by atoms with Crippen molar-refractivity contribution in [3.63, 3.8) is 0 Å². The molecule has 0 aromatic heterocycles. The molecule has 0 saturated carbocycles. The Labute approximate surface area is 137 Å². The van der Waals surface area contributed by atoms with E-state index in [0.717, 1.165) is 25.8 Å². The Morgan fingerprint density at radius 1 is 1.26 bits per heavy atom. The smallest absolute Gasteiger partial charge is 0.245 e. The standard InChI is InChI=1S/C16H28N4O3/c1-10(2)9-12(19-15(22)11-5-3-7-18-11)16(23)20-8-4-6-13(20)14(17)21/h10-13,18H,3-9H2,1-2H3,(H2,17,21)(H,19,22)/t11-,12-,13+/m0/s1. The van der Waals surface area contributed by atoms with Gasteiger partial charge in [0.15, 0.2) is 0 Å². The van der Waals surface area contributed by atoms with E-state index in [9.17, 15) is 14.4 Å². The van der Waals surface area contributed by atoms with Crippen LogP contribution in [0.4, 0.5) is 0 Å². The summed E-state index contributed by atoms with van der Waals surface area (Å²) in [5.74, 6) is -0.527. The summed E-state index contributed by atoms with van der Waals surface area (Å²) in [7, 11) is 0. The molecule has 3 atom stereocenters. The van der Waals surface area contributed by atoms with Gasteiger partial charge in [-0.3, -0.25) is 14.4 Å². The average Bonchev–Trinajstić information content (AvgIpc) is 3.16. The lowest BCUT2D eigenvalue weighted by Crippen LogP contribution is -2.55. The number of amides is 3. The van der Waals surface area contributed by atoms with E-state index in [1.807, 2.05) is 13.8 Å². The predicted molar refractivity (Wildman–Crippen MR) is 86.3 cm³/mol. The van der Waals surface area contributed by atoms with Gasteiger partial charge >= 0.3 is 0 Å². The number of carbonyl (C=O) groups excluding carboxylic acids is 3. The summed E-state index contributed by atoms with van der Waals surface area (Å²) in [6, 6.07) is -1.36. The van der Waals surface area contributed by atoms with Crippen LogP contribution in [0.2, 0.25) is 0 Å². The fraction of sp³-hybridized carbons (Fsp3) is 0.812. The quantitative estimate of drug-likeness (QED) is 0.626. The number of rotatable bonds is 6. The van der Waals surface area contributed by atoms with E-state index < -0.39 is 18.0 Å². The summed E-state index contributed by atoms with van der Waals surface area (Å²) >= 11 is 0. The Hall–Kier alpha value is -1.63. The maximum Gasteiger partial charge on any atom is 0.245 e. The molecule has 2 rings (SSSR count). The van der Waals surface area contributed by atoms with Crippen LogP contribution in [0.3, 0.4) is 0 Å². The van der Waals surface area contributed by atoms with Crippen molar-refractivity contribution in [3.05, 3.63) is 0 Å². The minimum Gasteiger partial charge on any atom is -0.368 e. The summed E-state index contributed by atoms with van der Waals surface area (Å²) < 4.78 is 0. The van der Waals surface area contributed by atoms with Crippen molar-refractivity contribution >= 4 is 17.7 Å². The number of nitrogens with one attached hydrogen (secondary N) is 2. The summed E-state index contributed by atoms with van der Waals surface area (Å²) in [6.07, 6.45) is 3.69. The summed E-state index contributed by atoms with van der Waals surface area (Å²) in [4.78, 5) is 38.2. The van der Waals surface area contributed by atoms with Crippen molar-refractivity contribution in [2.45, 2.75) is 64.1 Å². The first-order valence-electron chi connectivity index (χ1n) is 8.53. The molecule has 0 aromatic rings. The van der Waals surface area contributed by atoms with Crippen LogP contribution >= 0.6 is 0 Å². The van der Waals surface area contributed by atoms with Gasteiger partial charge in [0.25, 0.3) is 0 Å². The molecular weight excluding hydrogens is 296 g/mol. The fourth-order valence-electron chi connectivity index (χ4n) is 3.40. The number of hydrogen-bond donors (Lipinski definition) is 3. The highest BCUT2D eigenvalue weighted by atomic mass is 16.2. The number of nitrogens with two attached hydrogens (primary N) is 1. The van der Waals surface area contributed by atoms with Crippen molar-refractivity contribution < 1.29 is 14.4 Å². The van der Waals surface area contributed by atoms with Crippen molar-refractivity contribution in [2.75, 3.05) is 13.1 Å². The molecule has 2 saturated heterocycles. The van der Waals surface area contributed by atoms with Gasteiger partial charge < -0.3 is 21.3 Å². The molecule has 0 bridgehead atoms. The second-order valence-electron chi connectivity index (χ2n) is 6.93. The van der Waals surface area contributed by atoms with Gasteiger partial charge in [-0.25, -0.2) is 0 Å². The Balaban J connectivity index is 2.05. The lowest BCUT2D eigenvalue weighted by atomic mass is 10.0. The highest BCUT2D eigenvalue weighted by Crippen LogP contribution is 2.20. The van der Waals surface area contributed by atoms with E-state index in [1.54, 1.807) is 0 Å². The van der Waals surface area contributed by atoms with Crippen molar-refractivity contribution in [2.24, 2.45) is 11.7 Å². The molecule has 0 radical (unpaired) electrons. The third-order valence-electron chi connectivity index (χ3n) is 4.56. The van der Waals surface area contributed by atoms with Gasteiger partial charge in [-0.15, -0.1) is 0 Å². The second-order valence-corrected chi connectivity index (χ2v) is 6.93. The van der Waals surface area contributed by atoms with E-state index in [-0.39, 0.29) is 23.8 Å². The first-order chi connectivity index (χ1) is 10.9. The molecule has 0 aromatic carbocycles. The molecule has 0 aliphatic carbocycles. The molecule has 2 aliphatic heterocycles. The van der Waals surface area contributed by atoms with Crippen molar-refractivity contribution in [1.29, 1.82) is 0 Å². The molecule has 3 amide bonds. The summed E-state index contributed by atoms with van der Waals surface area (Å²) in [6.45, 7) is 5.38. The molecule has 0 unspecified atom stereocenters. The van der Waals surface area contributed by atoms with Crippen LogP contribution in [-0.4, -0.2) is 53.8 Å². The summed E-state index contributed by atoms with van der Waals surface area (Å²) in [5.41, 5.74) is 5.40. The third-order valence-corrected chi connectivity index (χ3v) is 4.56. The number of nitrogens with zero attached hydrogens (tertiary/aromatic N) is 1. The molecule has 130 valence electrons. The highest BCUT2D eigenvalue weighted by Gasteiger charge is 2.37. The normalized spacial score (nSPS) is 25.6. The lowest BCUT2D eigenvalue weighted by molar-refractivity contribution is -0.141. The molecule has 7 heteroatoms. The van der Waals surface area contributed by atoms with E-state index in [0.29, 0.717) is 19.4 Å². The monoisotopic (exact) mass is 324 g/mol. The Kier molecular flexibility index (Phi) is 5.98. The molecule has 0 spiro atoms. The number of hydrogen-bond acceptors (Lipinski definition) is 4. The van der Waals surface area contributed by atoms with Crippen LogP contribution in [0.25, 0.3) is 0 Å². The van der Waals surface area contributed by atoms with Crippen LogP contribution < -0.4 is 16.4 Å². The van der Waals surface area contributed by atoms with Gasteiger partial charge in [0, 0.05) is 6.54 Å². The number of likely N-dealkylation sites (tertiary alicyclic amines) is 1. The molecule has 2 fully saturated rings. The molecule has 7 nitrogen and oxygen atoms in total. The van der Waals surface area contributed by atoms with Crippen LogP contribution in [0.15, 0.2) is 0 Å². The molecule has 2 aliphatic rings. The minimum absolute atomic E-state index is 0.128. The zero-order valence-electron chi connectivity index (χ0n) is 14.0. The van der Waals surface area contributed by atoms with E-state index >= 15 is 0 Å². The van der Waals surface area contributed by atoms with Gasteiger partial charge in [-0.05, 0) is 44.6 Å². The highest BCUT2D eigenvalue weighted by molar-refractivity contribution is 5.93. The molecule has 4 N–H and O–H groups in total. The number of carbonyl (C=O) groups is 3. The summed E-state index contributed by atoms with van der Waals surface area (Å²) in [5, 5.41) is 6.02. The second kappa shape index (κ2) is 7.77. The molecule has 23 heavy (non-hydrogen) atoms. The maximum atomic E-state index is 12.8. The zero-order valence-corrected chi connectivity index (χ0v) is 14.0. The van der Waals surface area contributed by atoms with Crippen molar-refractivity contribution in [1.82, 2.24) is 15.5 Å². The molecular formula is C16H28N4O3. The molecule has 2 heterocycles. The zero-order chi connectivity index (χ0) is 17.0. The van der Waals surface area contributed by atoms with Gasteiger partial charge in [-0.2, -0.15) is 0 Å². The van der Waals surface area contributed by atoms with E-state index in [4.69, 9.17) is 5.73 Å². The Bertz CT molecular complexity index is 460. The van der Waals surface area contributed by atoms with E-state index in [2.05, 4.69) is 10.6 Å². The lowest BCUT2D eigenvalue weighted by Gasteiger charge is -2.29. The minimum atomic E-state index is -0.593. The van der Waals surface area contributed by atoms with E-state index in [1.165, 1.54) is 4.90 Å². The van der Waals surface area contributed by atoms with Crippen LogP contribution in [0.1, 0.15) is 46.0 Å². The van der Waals surface area contributed by atoms with Gasteiger partial charge in [0.1, 0.15) is 12.1 Å². The van der Waals surface area contributed by atoms with Crippen molar-refractivity contribution in [3.8, 4) is 0 Å². The third kappa shape index (κ3) is 4.43. The Morgan fingerprint density at radius 3 is 2.57 bits per heavy atom. The predicted octanol–water partition coefficient (Wildman–Crippen LogP) is -0.254. The number of primary amides is 1. The first kappa shape index (κ1) is 17.7. The van der Waals surface area contributed by atoms with Crippen LogP contribution in [0.5, 0.6) is 0 Å². The van der Waals surface area contributed by atoms with Gasteiger partial charge in [0.2, 0.25) is 17.7 Å². The topological polar surface area (TPSA) is 105 Å². The fourth-order valence-corrected chi connectivity index (χ4v) is 3.40. The first-order valence-corrected chi connectivity index (χ1v) is 8.53. The SMILES string of the molecule is CC(C)C[C@H](NC(=O)[C@@H]1CCCN1)C(=O)N1CCC[C@@H]1C(N)=O.